The number of rotatable bonds is 2. The summed E-state index contributed by atoms with van der Waals surface area (Å²) in [6, 6.07) is 14.6. The maximum Gasteiger partial charge on any atom is 0.126 e. The SMILES string of the molecule is COc1ccccc1-c1cc(C)cc(I)c1. The van der Waals surface area contributed by atoms with Crippen molar-refractivity contribution < 1.29 is 4.74 Å². The molecule has 0 unspecified atom stereocenters. The molecule has 2 rings (SSSR count). The van der Waals surface area contributed by atoms with Gasteiger partial charge in [0, 0.05) is 9.13 Å². The summed E-state index contributed by atoms with van der Waals surface area (Å²) in [4.78, 5) is 0. The Morgan fingerprint density at radius 3 is 2.50 bits per heavy atom. The number of aryl methyl sites for hydroxylation is 1. The first kappa shape index (κ1) is 11.5. The van der Waals surface area contributed by atoms with Gasteiger partial charge in [-0.3, -0.25) is 0 Å². The monoisotopic (exact) mass is 324 g/mol. The van der Waals surface area contributed by atoms with Crippen LogP contribution in [-0.4, -0.2) is 7.11 Å². The minimum Gasteiger partial charge on any atom is -0.496 e. The van der Waals surface area contributed by atoms with Gasteiger partial charge in [-0.15, -0.1) is 0 Å². The fourth-order valence-electron chi connectivity index (χ4n) is 1.77. The van der Waals surface area contributed by atoms with Crippen LogP contribution in [-0.2, 0) is 0 Å². The Labute approximate surface area is 110 Å². The van der Waals surface area contributed by atoms with E-state index in [0.717, 1.165) is 11.3 Å². The molecule has 0 N–H and O–H groups in total. The Balaban J connectivity index is 2.58. The van der Waals surface area contributed by atoms with Crippen LogP contribution in [0.2, 0.25) is 0 Å². The predicted octanol–water partition coefficient (Wildman–Crippen LogP) is 4.28. The number of hydrogen-bond donors (Lipinski definition) is 0. The molecule has 2 aromatic carbocycles. The molecule has 0 heterocycles. The molecule has 0 atom stereocenters. The van der Waals surface area contributed by atoms with E-state index in [9.17, 15) is 0 Å². The zero-order valence-electron chi connectivity index (χ0n) is 9.33. The molecule has 0 aliphatic carbocycles. The van der Waals surface area contributed by atoms with E-state index in [4.69, 9.17) is 4.74 Å². The van der Waals surface area contributed by atoms with Crippen LogP contribution >= 0.6 is 22.6 Å². The number of benzene rings is 2. The van der Waals surface area contributed by atoms with Crippen LogP contribution in [0.15, 0.2) is 42.5 Å². The summed E-state index contributed by atoms with van der Waals surface area (Å²) in [5.74, 6) is 0.920. The maximum absolute atomic E-state index is 5.38. The third kappa shape index (κ3) is 2.38. The van der Waals surface area contributed by atoms with E-state index in [1.165, 1.54) is 14.7 Å². The molecule has 1 nitrogen and oxygen atoms in total. The van der Waals surface area contributed by atoms with Gasteiger partial charge in [0.15, 0.2) is 0 Å². The van der Waals surface area contributed by atoms with Crippen molar-refractivity contribution in [2.45, 2.75) is 6.92 Å². The fraction of sp³-hybridized carbons (Fsp3) is 0.143. The van der Waals surface area contributed by atoms with Crippen LogP contribution in [0.4, 0.5) is 0 Å². The lowest BCUT2D eigenvalue weighted by atomic mass is 10.0. The van der Waals surface area contributed by atoms with E-state index >= 15 is 0 Å². The molecule has 0 fully saturated rings. The summed E-state index contributed by atoms with van der Waals surface area (Å²) in [6.45, 7) is 2.11. The molecule has 0 saturated carbocycles. The van der Waals surface area contributed by atoms with E-state index < -0.39 is 0 Å². The van der Waals surface area contributed by atoms with Crippen LogP contribution in [0, 0.1) is 10.5 Å². The Bertz CT molecular complexity index is 486. The van der Waals surface area contributed by atoms with Crippen LogP contribution in [0.5, 0.6) is 5.75 Å². The molecular weight excluding hydrogens is 311 g/mol. The number of halogens is 1. The smallest absolute Gasteiger partial charge is 0.126 e. The predicted molar refractivity (Wildman–Crippen MR) is 75.9 cm³/mol. The molecule has 0 aliphatic heterocycles. The third-order valence-corrected chi connectivity index (χ3v) is 3.08. The summed E-state index contributed by atoms with van der Waals surface area (Å²) in [5, 5.41) is 0. The second kappa shape index (κ2) is 4.87. The summed E-state index contributed by atoms with van der Waals surface area (Å²) < 4.78 is 6.63. The molecule has 2 aromatic rings. The van der Waals surface area contributed by atoms with Crippen LogP contribution in [0.3, 0.4) is 0 Å². The van der Waals surface area contributed by atoms with Crippen molar-refractivity contribution in [3.63, 3.8) is 0 Å². The number of ether oxygens (including phenoxy) is 1. The highest BCUT2D eigenvalue weighted by Crippen LogP contribution is 2.31. The van der Waals surface area contributed by atoms with Crippen LogP contribution < -0.4 is 4.74 Å². The van der Waals surface area contributed by atoms with E-state index in [1.54, 1.807) is 7.11 Å². The first-order chi connectivity index (χ1) is 7.70. The maximum atomic E-state index is 5.38. The Morgan fingerprint density at radius 1 is 1.06 bits per heavy atom. The van der Waals surface area contributed by atoms with Gasteiger partial charge in [0.05, 0.1) is 7.11 Å². The molecule has 0 aromatic heterocycles. The normalized spacial score (nSPS) is 10.2. The van der Waals surface area contributed by atoms with Crippen molar-refractivity contribution in [1.29, 1.82) is 0 Å². The lowest BCUT2D eigenvalue weighted by Gasteiger charge is -2.09. The molecule has 2 heteroatoms. The van der Waals surface area contributed by atoms with Gasteiger partial charge < -0.3 is 4.74 Å². The van der Waals surface area contributed by atoms with Crippen molar-refractivity contribution >= 4 is 22.6 Å². The lowest BCUT2D eigenvalue weighted by molar-refractivity contribution is 0.416. The third-order valence-electron chi connectivity index (χ3n) is 2.46. The van der Waals surface area contributed by atoms with Gasteiger partial charge in [0.25, 0.3) is 0 Å². The highest BCUT2D eigenvalue weighted by molar-refractivity contribution is 14.1. The quantitative estimate of drug-likeness (QED) is 0.750. The summed E-state index contributed by atoms with van der Waals surface area (Å²) in [5.41, 5.74) is 3.63. The first-order valence-corrected chi connectivity index (χ1v) is 6.19. The second-order valence-corrected chi connectivity index (χ2v) is 4.96. The summed E-state index contributed by atoms with van der Waals surface area (Å²) in [6.07, 6.45) is 0. The van der Waals surface area contributed by atoms with Gasteiger partial charge in [-0.05, 0) is 58.8 Å². The molecular formula is C14H13IO. The van der Waals surface area contributed by atoms with Gasteiger partial charge >= 0.3 is 0 Å². The van der Waals surface area contributed by atoms with Gasteiger partial charge in [-0.2, -0.15) is 0 Å². The molecule has 0 radical (unpaired) electrons. The number of methoxy groups -OCH3 is 1. The van der Waals surface area contributed by atoms with Crippen LogP contribution in [0.25, 0.3) is 11.1 Å². The lowest BCUT2D eigenvalue weighted by Crippen LogP contribution is -1.88. The summed E-state index contributed by atoms with van der Waals surface area (Å²) in [7, 11) is 1.71. The van der Waals surface area contributed by atoms with Crippen molar-refractivity contribution in [1.82, 2.24) is 0 Å². The average Bonchev–Trinajstić information content (AvgIpc) is 2.27. The zero-order valence-corrected chi connectivity index (χ0v) is 11.5. The Hall–Kier alpha value is -1.03. The van der Waals surface area contributed by atoms with E-state index in [-0.39, 0.29) is 0 Å². The van der Waals surface area contributed by atoms with Crippen molar-refractivity contribution in [2.24, 2.45) is 0 Å². The van der Waals surface area contributed by atoms with Crippen LogP contribution in [0.1, 0.15) is 5.56 Å². The van der Waals surface area contributed by atoms with Gasteiger partial charge in [0.2, 0.25) is 0 Å². The second-order valence-electron chi connectivity index (χ2n) is 3.72. The first-order valence-electron chi connectivity index (χ1n) is 5.11. The molecule has 0 bridgehead atoms. The van der Waals surface area contributed by atoms with E-state index in [2.05, 4.69) is 53.8 Å². The standard InChI is InChI=1S/C14H13IO/c1-10-7-11(9-12(15)8-10)13-5-3-4-6-14(13)16-2/h3-9H,1-2H3. The highest BCUT2D eigenvalue weighted by Gasteiger charge is 2.05. The molecule has 0 spiro atoms. The molecule has 82 valence electrons. The molecule has 16 heavy (non-hydrogen) atoms. The Kier molecular flexibility index (Phi) is 3.49. The fourth-order valence-corrected chi connectivity index (χ4v) is 2.60. The summed E-state index contributed by atoms with van der Waals surface area (Å²) >= 11 is 2.34. The van der Waals surface area contributed by atoms with Gasteiger partial charge in [-0.25, -0.2) is 0 Å². The zero-order chi connectivity index (χ0) is 11.5. The molecule has 0 aliphatic rings. The minimum absolute atomic E-state index is 0.920. The largest absolute Gasteiger partial charge is 0.496 e. The number of para-hydroxylation sites is 1. The molecule has 0 saturated heterocycles. The number of hydrogen-bond acceptors (Lipinski definition) is 1. The van der Waals surface area contributed by atoms with Gasteiger partial charge in [0.1, 0.15) is 5.75 Å². The van der Waals surface area contributed by atoms with Crippen molar-refractivity contribution in [3.8, 4) is 16.9 Å². The van der Waals surface area contributed by atoms with Gasteiger partial charge in [-0.1, -0.05) is 24.3 Å². The minimum atomic E-state index is 0.920. The average molecular weight is 324 g/mol. The van der Waals surface area contributed by atoms with E-state index in [1.807, 2.05) is 18.2 Å². The molecule has 0 amide bonds. The van der Waals surface area contributed by atoms with E-state index in [0.29, 0.717) is 0 Å². The highest BCUT2D eigenvalue weighted by atomic mass is 127. The topological polar surface area (TPSA) is 9.23 Å². The van der Waals surface area contributed by atoms with Crippen molar-refractivity contribution in [3.05, 3.63) is 51.6 Å². The Morgan fingerprint density at radius 2 is 1.81 bits per heavy atom. The van der Waals surface area contributed by atoms with Crippen molar-refractivity contribution in [2.75, 3.05) is 7.11 Å².